The van der Waals surface area contributed by atoms with E-state index in [1.165, 1.54) is 0 Å². The van der Waals surface area contributed by atoms with Gasteiger partial charge in [0.2, 0.25) is 5.91 Å². The summed E-state index contributed by atoms with van der Waals surface area (Å²) >= 11 is 0. The number of anilines is 2. The lowest BCUT2D eigenvalue weighted by molar-refractivity contribution is -0.117. The number of nitrogens with zero attached hydrogens (tertiary/aromatic N) is 2. The summed E-state index contributed by atoms with van der Waals surface area (Å²) in [5, 5.41) is 6.35. The zero-order chi connectivity index (χ0) is 18.7. The highest BCUT2D eigenvalue weighted by molar-refractivity contribution is 5.95. The van der Waals surface area contributed by atoms with Gasteiger partial charge < -0.3 is 20.3 Å². The molecule has 1 saturated heterocycles. The van der Waals surface area contributed by atoms with Gasteiger partial charge in [-0.25, -0.2) is 9.78 Å². The molecule has 26 heavy (non-hydrogen) atoms. The zero-order valence-electron chi connectivity index (χ0n) is 15.7. The molecule has 2 fully saturated rings. The number of carbonyl (C=O) groups is 2. The van der Waals surface area contributed by atoms with Gasteiger partial charge in [0.15, 0.2) is 0 Å². The number of hydrogen-bond acceptors (Lipinski definition) is 5. The lowest BCUT2D eigenvalue weighted by Crippen LogP contribution is -2.38. The van der Waals surface area contributed by atoms with E-state index in [-0.39, 0.29) is 24.1 Å². The molecule has 7 heteroatoms. The average molecular weight is 360 g/mol. The summed E-state index contributed by atoms with van der Waals surface area (Å²) in [6.07, 6.45) is 5.64. The standard InChI is InChI=1S/C19H28N4O3/c1-19(2,3)26-18(25)22-14-7-6-13(11-14)21-16-9-8-15(12-20-16)23-10-4-5-17(23)24/h8-9,12-14H,4-7,10-11H2,1-3H3,(H,20,21)(H,22,25)/t13-,14-/m0/s1. The molecular formula is C19H28N4O3. The number of carbonyl (C=O) groups excluding carboxylic acids is 2. The summed E-state index contributed by atoms with van der Waals surface area (Å²) in [7, 11) is 0. The number of aromatic nitrogens is 1. The van der Waals surface area contributed by atoms with Crippen LogP contribution in [0.15, 0.2) is 18.3 Å². The molecule has 1 aromatic heterocycles. The first-order valence-electron chi connectivity index (χ1n) is 9.32. The fourth-order valence-electron chi connectivity index (χ4n) is 3.48. The van der Waals surface area contributed by atoms with Crippen LogP contribution in [0.2, 0.25) is 0 Å². The molecule has 0 aromatic carbocycles. The predicted molar refractivity (Wildman–Crippen MR) is 100 cm³/mol. The summed E-state index contributed by atoms with van der Waals surface area (Å²) in [6, 6.07) is 4.23. The number of nitrogens with one attached hydrogen (secondary N) is 2. The number of rotatable bonds is 4. The summed E-state index contributed by atoms with van der Waals surface area (Å²) in [6.45, 7) is 6.35. The van der Waals surface area contributed by atoms with Crippen LogP contribution in [0.25, 0.3) is 0 Å². The van der Waals surface area contributed by atoms with E-state index in [2.05, 4.69) is 15.6 Å². The van der Waals surface area contributed by atoms with Crippen LogP contribution in [0.5, 0.6) is 0 Å². The molecule has 1 aliphatic carbocycles. The normalized spacial score (nSPS) is 23.2. The highest BCUT2D eigenvalue weighted by Crippen LogP contribution is 2.25. The largest absolute Gasteiger partial charge is 0.444 e. The Hall–Kier alpha value is -2.31. The molecule has 142 valence electrons. The molecule has 1 saturated carbocycles. The first kappa shape index (κ1) is 18.5. The molecule has 1 aliphatic heterocycles. The third kappa shape index (κ3) is 4.86. The fourth-order valence-corrected chi connectivity index (χ4v) is 3.48. The maximum Gasteiger partial charge on any atom is 0.407 e. The molecule has 0 spiro atoms. The molecule has 2 heterocycles. The van der Waals surface area contributed by atoms with Crippen LogP contribution in [0, 0.1) is 0 Å². The van der Waals surface area contributed by atoms with Gasteiger partial charge in [0, 0.05) is 25.0 Å². The first-order chi connectivity index (χ1) is 12.3. The Morgan fingerprint density at radius 1 is 1.27 bits per heavy atom. The Bertz CT molecular complexity index is 654. The van der Waals surface area contributed by atoms with Crippen molar-refractivity contribution < 1.29 is 14.3 Å². The van der Waals surface area contributed by atoms with Crippen molar-refractivity contribution in [2.75, 3.05) is 16.8 Å². The second kappa shape index (κ2) is 7.51. The Morgan fingerprint density at radius 3 is 2.65 bits per heavy atom. The lowest BCUT2D eigenvalue weighted by atomic mass is 10.2. The molecule has 0 unspecified atom stereocenters. The second-order valence-electron chi connectivity index (χ2n) is 8.05. The van der Waals surface area contributed by atoms with Crippen LogP contribution in [0.3, 0.4) is 0 Å². The van der Waals surface area contributed by atoms with Gasteiger partial charge in [-0.3, -0.25) is 4.79 Å². The molecule has 3 rings (SSSR count). The minimum atomic E-state index is -0.483. The minimum absolute atomic E-state index is 0.115. The van der Waals surface area contributed by atoms with Crippen molar-refractivity contribution in [2.45, 2.75) is 70.6 Å². The number of hydrogen-bond donors (Lipinski definition) is 2. The van der Waals surface area contributed by atoms with E-state index in [9.17, 15) is 9.59 Å². The predicted octanol–water partition coefficient (Wildman–Crippen LogP) is 3.07. The van der Waals surface area contributed by atoms with Gasteiger partial charge in [-0.05, 0) is 58.6 Å². The molecule has 7 nitrogen and oxygen atoms in total. The monoisotopic (exact) mass is 360 g/mol. The lowest BCUT2D eigenvalue weighted by Gasteiger charge is -2.22. The highest BCUT2D eigenvalue weighted by atomic mass is 16.6. The first-order valence-corrected chi connectivity index (χ1v) is 9.32. The number of amides is 2. The molecule has 0 radical (unpaired) electrons. The maximum atomic E-state index is 11.9. The van der Waals surface area contributed by atoms with E-state index in [0.29, 0.717) is 6.42 Å². The van der Waals surface area contributed by atoms with Gasteiger partial charge in [0.05, 0.1) is 11.9 Å². The van der Waals surface area contributed by atoms with E-state index in [4.69, 9.17) is 4.74 Å². The Labute approximate surface area is 154 Å². The average Bonchev–Trinajstić information content (AvgIpc) is 3.15. The fraction of sp³-hybridized carbons (Fsp3) is 0.632. The van der Waals surface area contributed by atoms with Gasteiger partial charge >= 0.3 is 6.09 Å². The smallest absolute Gasteiger partial charge is 0.407 e. The van der Waals surface area contributed by atoms with Crippen LogP contribution < -0.4 is 15.5 Å². The summed E-state index contributed by atoms with van der Waals surface area (Å²) in [4.78, 5) is 29.9. The van der Waals surface area contributed by atoms with Gasteiger partial charge in [-0.1, -0.05) is 0 Å². The van der Waals surface area contributed by atoms with E-state index in [1.807, 2.05) is 32.9 Å². The van der Waals surface area contributed by atoms with Crippen LogP contribution in [0.1, 0.15) is 52.9 Å². The summed E-state index contributed by atoms with van der Waals surface area (Å²) in [5.41, 5.74) is 0.372. The highest BCUT2D eigenvalue weighted by Gasteiger charge is 2.28. The molecular weight excluding hydrogens is 332 g/mol. The van der Waals surface area contributed by atoms with Crippen molar-refractivity contribution in [2.24, 2.45) is 0 Å². The maximum absolute atomic E-state index is 11.9. The van der Waals surface area contributed by atoms with E-state index >= 15 is 0 Å². The van der Waals surface area contributed by atoms with Crippen molar-refractivity contribution >= 4 is 23.5 Å². The second-order valence-corrected chi connectivity index (χ2v) is 8.05. The van der Waals surface area contributed by atoms with Crippen molar-refractivity contribution in [3.8, 4) is 0 Å². The third-order valence-corrected chi connectivity index (χ3v) is 4.64. The Morgan fingerprint density at radius 2 is 2.04 bits per heavy atom. The minimum Gasteiger partial charge on any atom is -0.444 e. The van der Waals surface area contributed by atoms with Crippen molar-refractivity contribution in [3.63, 3.8) is 0 Å². The molecule has 2 aliphatic rings. The van der Waals surface area contributed by atoms with Crippen molar-refractivity contribution in [1.82, 2.24) is 10.3 Å². The molecule has 2 N–H and O–H groups in total. The molecule has 2 atom stereocenters. The van der Waals surface area contributed by atoms with Gasteiger partial charge in [-0.15, -0.1) is 0 Å². The van der Waals surface area contributed by atoms with Gasteiger partial charge in [0.1, 0.15) is 11.4 Å². The molecule has 2 amide bonds. The Balaban J connectivity index is 1.48. The number of alkyl carbamates (subject to hydrolysis) is 1. The van der Waals surface area contributed by atoms with Crippen LogP contribution in [-0.4, -0.2) is 41.2 Å². The number of ether oxygens (including phenoxy) is 1. The van der Waals surface area contributed by atoms with E-state index in [0.717, 1.165) is 43.7 Å². The van der Waals surface area contributed by atoms with E-state index in [1.54, 1.807) is 11.1 Å². The molecule has 1 aromatic rings. The quantitative estimate of drug-likeness (QED) is 0.862. The van der Waals surface area contributed by atoms with Crippen molar-refractivity contribution in [3.05, 3.63) is 18.3 Å². The van der Waals surface area contributed by atoms with Crippen LogP contribution in [0.4, 0.5) is 16.3 Å². The van der Waals surface area contributed by atoms with Gasteiger partial charge in [-0.2, -0.15) is 0 Å². The van der Waals surface area contributed by atoms with Crippen LogP contribution in [-0.2, 0) is 9.53 Å². The third-order valence-electron chi connectivity index (χ3n) is 4.64. The topological polar surface area (TPSA) is 83.6 Å². The SMILES string of the molecule is CC(C)(C)OC(=O)N[C@H]1CC[C@H](Nc2ccc(N3CCCC3=O)cn2)C1. The summed E-state index contributed by atoms with van der Waals surface area (Å²) in [5.74, 6) is 0.961. The van der Waals surface area contributed by atoms with Crippen molar-refractivity contribution in [1.29, 1.82) is 0 Å². The van der Waals surface area contributed by atoms with E-state index < -0.39 is 5.60 Å². The number of pyridine rings is 1. The van der Waals surface area contributed by atoms with Gasteiger partial charge in [0.25, 0.3) is 0 Å². The summed E-state index contributed by atoms with van der Waals surface area (Å²) < 4.78 is 5.31. The zero-order valence-corrected chi connectivity index (χ0v) is 15.7. The van der Waals surface area contributed by atoms with Crippen LogP contribution >= 0.6 is 0 Å². The Kier molecular flexibility index (Phi) is 5.34. The molecule has 0 bridgehead atoms.